The van der Waals surface area contributed by atoms with Crippen molar-refractivity contribution in [2.45, 2.75) is 31.7 Å². The van der Waals surface area contributed by atoms with E-state index in [1.165, 1.54) is 12.1 Å². The van der Waals surface area contributed by atoms with Crippen LogP contribution in [0.15, 0.2) is 24.3 Å². The molecule has 3 rings (SSSR count). The summed E-state index contributed by atoms with van der Waals surface area (Å²) in [6.45, 7) is 6.82. The molecule has 2 heterocycles. The van der Waals surface area contributed by atoms with Gasteiger partial charge in [-0.2, -0.15) is 0 Å². The van der Waals surface area contributed by atoms with Gasteiger partial charge in [-0.15, -0.1) is 0 Å². The first-order valence-corrected chi connectivity index (χ1v) is 8.53. The van der Waals surface area contributed by atoms with E-state index < -0.39 is 11.9 Å². The van der Waals surface area contributed by atoms with E-state index in [1.54, 1.807) is 12.1 Å². The lowest BCUT2D eigenvalue weighted by Gasteiger charge is -2.36. The molecule has 0 saturated carbocycles. The number of nitrogens with zero attached hydrogens (tertiary/aromatic N) is 2. The number of halogens is 1. The third-order valence-electron chi connectivity index (χ3n) is 5.48. The van der Waals surface area contributed by atoms with Crippen LogP contribution in [0.5, 0.6) is 0 Å². The maximum absolute atomic E-state index is 13.1. The van der Waals surface area contributed by atoms with Crippen molar-refractivity contribution in [3.05, 3.63) is 35.6 Å². The second kappa shape index (κ2) is 6.97. The first-order chi connectivity index (χ1) is 11.1. The Morgan fingerprint density at radius 3 is 2.43 bits per heavy atom. The summed E-state index contributed by atoms with van der Waals surface area (Å²) in [6.07, 6.45) is 2.21. The van der Waals surface area contributed by atoms with Gasteiger partial charge in [0.2, 0.25) is 0 Å². The van der Waals surface area contributed by atoms with Crippen LogP contribution in [0.4, 0.5) is 4.39 Å². The Morgan fingerprint density at radius 2 is 1.87 bits per heavy atom. The highest BCUT2D eigenvalue weighted by atomic mass is 19.1. The van der Waals surface area contributed by atoms with Crippen LogP contribution in [-0.4, -0.2) is 59.6 Å². The largest absolute Gasteiger partial charge is 0.481 e. The number of hydrogen-bond donors (Lipinski definition) is 1. The van der Waals surface area contributed by atoms with E-state index in [2.05, 4.69) is 16.7 Å². The zero-order valence-corrected chi connectivity index (χ0v) is 13.6. The standard InChI is InChI=1S/C18H25FN2O2/c1-2-20-9-7-15(8-10-20)21-11-16(17(12-21)18(22)23)13-3-5-14(19)6-4-13/h3-6,15-17H,2,7-12H2,1H3,(H,22,23)/t16-,17+/m1/s1. The molecule has 4 nitrogen and oxygen atoms in total. The molecule has 2 atom stereocenters. The zero-order valence-electron chi connectivity index (χ0n) is 13.6. The highest BCUT2D eigenvalue weighted by molar-refractivity contribution is 5.72. The molecule has 2 fully saturated rings. The smallest absolute Gasteiger partial charge is 0.308 e. The molecule has 1 aromatic carbocycles. The van der Waals surface area contributed by atoms with Gasteiger partial charge >= 0.3 is 5.97 Å². The number of carboxylic acids is 1. The minimum atomic E-state index is -0.743. The van der Waals surface area contributed by atoms with Crippen LogP contribution in [0.1, 0.15) is 31.2 Å². The second-order valence-electron chi connectivity index (χ2n) is 6.72. The van der Waals surface area contributed by atoms with Gasteiger partial charge in [0.1, 0.15) is 5.82 Å². The summed E-state index contributed by atoms with van der Waals surface area (Å²) in [5.74, 6) is -1.46. The Morgan fingerprint density at radius 1 is 1.22 bits per heavy atom. The Balaban J connectivity index is 1.71. The average molecular weight is 320 g/mol. The van der Waals surface area contributed by atoms with E-state index in [-0.39, 0.29) is 11.7 Å². The molecular formula is C18H25FN2O2. The number of aliphatic carboxylic acids is 1. The summed E-state index contributed by atoms with van der Waals surface area (Å²) in [5, 5.41) is 9.59. The molecule has 0 bridgehead atoms. The first kappa shape index (κ1) is 16.4. The van der Waals surface area contributed by atoms with Gasteiger partial charge in [0.15, 0.2) is 0 Å². The number of carbonyl (C=O) groups is 1. The first-order valence-electron chi connectivity index (χ1n) is 8.53. The van der Waals surface area contributed by atoms with Gasteiger partial charge in [-0.3, -0.25) is 9.69 Å². The Bertz CT molecular complexity index is 540. The highest BCUT2D eigenvalue weighted by Crippen LogP contribution is 2.35. The summed E-state index contributed by atoms with van der Waals surface area (Å²) in [7, 11) is 0. The minimum absolute atomic E-state index is 0.0442. The van der Waals surface area contributed by atoms with Crippen molar-refractivity contribution in [3.8, 4) is 0 Å². The van der Waals surface area contributed by atoms with Gasteiger partial charge in [0, 0.05) is 25.0 Å². The van der Waals surface area contributed by atoms with Gasteiger partial charge < -0.3 is 10.0 Å². The summed E-state index contributed by atoms with van der Waals surface area (Å²) in [4.78, 5) is 16.5. The van der Waals surface area contributed by atoms with Crippen LogP contribution in [0, 0.1) is 11.7 Å². The zero-order chi connectivity index (χ0) is 16.4. The molecule has 1 aromatic rings. The number of rotatable bonds is 4. The molecule has 2 aliphatic heterocycles. The SMILES string of the molecule is CCN1CCC(N2C[C@H](C(=O)O)[C@@H](c3ccc(F)cc3)C2)CC1. The maximum atomic E-state index is 13.1. The molecular weight excluding hydrogens is 295 g/mol. The third-order valence-corrected chi connectivity index (χ3v) is 5.48. The normalized spacial score (nSPS) is 27.4. The summed E-state index contributed by atoms with van der Waals surface area (Å²) in [6, 6.07) is 6.80. The molecule has 5 heteroatoms. The van der Waals surface area contributed by atoms with Crippen molar-refractivity contribution in [1.29, 1.82) is 0 Å². The van der Waals surface area contributed by atoms with E-state index in [9.17, 15) is 14.3 Å². The van der Waals surface area contributed by atoms with Crippen LogP contribution in [0.25, 0.3) is 0 Å². The number of benzene rings is 1. The molecule has 0 unspecified atom stereocenters. The van der Waals surface area contributed by atoms with Crippen molar-refractivity contribution < 1.29 is 14.3 Å². The van der Waals surface area contributed by atoms with Crippen LogP contribution in [0.3, 0.4) is 0 Å². The van der Waals surface area contributed by atoms with E-state index in [4.69, 9.17) is 0 Å². The number of hydrogen-bond acceptors (Lipinski definition) is 3. The fourth-order valence-electron chi connectivity index (χ4n) is 4.03. The number of piperidine rings is 1. The van der Waals surface area contributed by atoms with Crippen molar-refractivity contribution >= 4 is 5.97 Å². The predicted octanol–water partition coefficient (Wildman–Crippen LogP) is 2.41. The van der Waals surface area contributed by atoms with Gasteiger partial charge in [-0.25, -0.2) is 4.39 Å². The Labute approximate surface area is 136 Å². The molecule has 0 spiro atoms. The fraction of sp³-hybridized carbons (Fsp3) is 0.611. The fourth-order valence-corrected chi connectivity index (χ4v) is 4.03. The van der Waals surface area contributed by atoms with E-state index in [0.717, 1.165) is 44.6 Å². The second-order valence-corrected chi connectivity index (χ2v) is 6.72. The number of carboxylic acid groups (broad SMARTS) is 1. The van der Waals surface area contributed by atoms with Gasteiger partial charge in [-0.1, -0.05) is 19.1 Å². The topological polar surface area (TPSA) is 43.8 Å². The molecule has 2 saturated heterocycles. The molecule has 1 N–H and O–H groups in total. The molecule has 0 amide bonds. The van der Waals surface area contributed by atoms with Crippen LogP contribution < -0.4 is 0 Å². The molecule has 0 radical (unpaired) electrons. The van der Waals surface area contributed by atoms with Crippen molar-refractivity contribution in [2.75, 3.05) is 32.7 Å². The molecule has 0 aromatic heterocycles. The number of likely N-dealkylation sites (tertiary alicyclic amines) is 2. The maximum Gasteiger partial charge on any atom is 0.308 e. The molecule has 0 aliphatic carbocycles. The summed E-state index contributed by atoms with van der Waals surface area (Å²) < 4.78 is 13.1. The van der Waals surface area contributed by atoms with Gasteiger partial charge in [-0.05, 0) is 50.2 Å². The lowest BCUT2D eigenvalue weighted by atomic mass is 9.89. The molecule has 23 heavy (non-hydrogen) atoms. The predicted molar refractivity (Wildman–Crippen MR) is 87.0 cm³/mol. The minimum Gasteiger partial charge on any atom is -0.481 e. The molecule has 126 valence electrons. The van der Waals surface area contributed by atoms with Crippen LogP contribution in [-0.2, 0) is 4.79 Å². The van der Waals surface area contributed by atoms with Gasteiger partial charge in [0.25, 0.3) is 0 Å². The van der Waals surface area contributed by atoms with Gasteiger partial charge in [0.05, 0.1) is 5.92 Å². The lowest BCUT2D eigenvalue weighted by molar-refractivity contribution is -0.141. The third kappa shape index (κ3) is 3.56. The van der Waals surface area contributed by atoms with Crippen LogP contribution >= 0.6 is 0 Å². The highest BCUT2D eigenvalue weighted by Gasteiger charge is 2.41. The van der Waals surface area contributed by atoms with E-state index in [1.807, 2.05) is 0 Å². The van der Waals surface area contributed by atoms with E-state index >= 15 is 0 Å². The molecule has 2 aliphatic rings. The van der Waals surface area contributed by atoms with Crippen LogP contribution in [0.2, 0.25) is 0 Å². The summed E-state index contributed by atoms with van der Waals surface area (Å²) >= 11 is 0. The Kier molecular flexibility index (Phi) is 4.97. The lowest BCUT2D eigenvalue weighted by Crippen LogP contribution is -2.44. The quantitative estimate of drug-likeness (QED) is 0.925. The Hall–Kier alpha value is -1.46. The van der Waals surface area contributed by atoms with Crippen molar-refractivity contribution in [1.82, 2.24) is 9.80 Å². The monoisotopic (exact) mass is 320 g/mol. The van der Waals surface area contributed by atoms with Crippen molar-refractivity contribution in [2.24, 2.45) is 5.92 Å². The average Bonchev–Trinajstić information content (AvgIpc) is 3.01. The van der Waals surface area contributed by atoms with Crippen molar-refractivity contribution in [3.63, 3.8) is 0 Å². The van der Waals surface area contributed by atoms with E-state index in [0.29, 0.717) is 12.6 Å². The summed E-state index contributed by atoms with van der Waals surface area (Å²) in [5.41, 5.74) is 0.937.